The molecule has 1 heterocycles. The lowest BCUT2D eigenvalue weighted by Gasteiger charge is -2.17. The summed E-state index contributed by atoms with van der Waals surface area (Å²) < 4.78 is 5.13. The van der Waals surface area contributed by atoms with Gasteiger partial charge in [-0.25, -0.2) is 0 Å². The monoisotopic (exact) mass is 303 g/mol. The van der Waals surface area contributed by atoms with Gasteiger partial charge in [-0.05, 0) is 37.1 Å². The van der Waals surface area contributed by atoms with Gasteiger partial charge in [-0.3, -0.25) is 4.79 Å². The summed E-state index contributed by atoms with van der Waals surface area (Å²) in [4.78, 5) is 12.2. The van der Waals surface area contributed by atoms with Gasteiger partial charge in [0.15, 0.2) is 0 Å². The van der Waals surface area contributed by atoms with Crippen LogP contribution in [0.1, 0.15) is 48.1 Å². The number of furan rings is 1. The summed E-state index contributed by atoms with van der Waals surface area (Å²) in [5.41, 5.74) is 0.981. The zero-order valence-electron chi connectivity index (χ0n) is 12.7. The fraction of sp³-hybridized carbons (Fsp3) is 0.353. The molecule has 0 spiro atoms. The Morgan fingerprint density at radius 2 is 2.09 bits per heavy atom. The van der Waals surface area contributed by atoms with Crippen molar-refractivity contribution in [2.45, 2.75) is 38.8 Å². The average molecular weight is 303 g/mol. The second kappa shape index (κ2) is 7.13. The molecule has 0 aliphatic rings. The molecule has 2 aromatic rings. The SMILES string of the molecule is CCc1cccc(C(=O)NC(C)CC(O)c2ccco2)c1O. The fourth-order valence-corrected chi connectivity index (χ4v) is 2.35. The highest BCUT2D eigenvalue weighted by Crippen LogP contribution is 2.23. The van der Waals surface area contributed by atoms with E-state index in [4.69, 9.17) is 4.42 Å². The number of phenolic OH excluding ortho intramolecular Hbond substituents is 1. The summed E-state index contributed by atoms with van der Waals surface area (Å²) in [6.07, 6.45) is 1.70. The third-order valence-corrected chi connectivity index (χ3v) is 3.57. The van der Waals surface area contributed by atoms with Crippen LogP contribution in [0.2, 0.25) is 0 Å². The molecule has 2 unspecified atom stereocenters. The minimum Gasteiger partial charge on any atom is -0.507 e. The number of aryl methyl sites for hydroxylation is 1. The summed E-state index contributed by atoms with van der Waals surface area (Å²) in [6, 6.07) is 8.24. The highest BCUT2D eigenvalue weighted by molar-refractivity contribution is 5.97. The number of carbonyl (C=O) groups excluding carboxylic acids is 1. The van der Waals surface area contributed by atoms with Crippen LogP contribution in [-0.4, -0.2) is 22.2 Å². The van der Waals surface area contributed by atoms with Gasteiger partial charge < -0.3 is 19.9 Å². The van der Waals surface area contributed by atoms with E-state index in [1.807, 2.05) is 6.92 Å². The summed E-state index contributed by atoms with van der Waals surface area (Å²) >= 11 is 0. The number of hydrogen-bond acceptors (Lipinski definition) is 4. The summed E-state index contributed by atoms with van der Waals surface area (Å²) in [5.74, 6) is 0.130. The Labute approximate surface area is 129 Å². The number of nitrogens with one attached hydrogen (secondary N) is 1. The number of benzene rings is 1. The number of para-hydroxylation sites is 1. The van der Waals surface area contributed by atoms with Crippen molar-refractivity contribution in [1.82, 2.24) is 5.32 Å². The predicted octanol–water partition coefficient (Wildman–Crippen LogP) is 2.79. The Morgan fingerprint density at radius 1 is 1.32 bits per heavy atom. The van der Waals surface area contributed by atoms with Crippen molar-refractivity contribution >= 4 is 5.91 Å². The van der Waals surface area contributed by atoms with Crippen LogP contribution in [0.15, 0.2) is 41.0 Å². The maximum atomic E-state index is 12.2. The molecular weight excluding hydrogens is 282 g/mol. The van der Waals surface area contributed by atoms with Gasteiger partial charge in [0.2, 0.25) is 0 Å². The molecule has 1 amide bonds. The van der Waals surface area contributed by atoms with Gasteiger partial charge >= 0.3 is 0 Å². The van der Waals surface area contributed by atoms with E-state index in [2.05, 4.69) is 5.32 Å². The topological polar surface area (TPSA) is 82.7 Å². The highest BCUT2D eigenvalue weighted by Gasteiger charge is 2.19. The Morgan fingerprint density at radius 3 is 2.73 bits per heavy atom. The molecule has 0 aliphatic heterocycles. The van der Waals surface area contributed by atoms with Crippen molar-refractivity contribution in [2.75, 3.05) is 0 Å². The Hall–Kier alpha value is -2.27. The zero-order valence-corrected chi connectivity index (χ0v) is 12.7. The molecule has 22 heavy (non-hydrogen) atoms. The van der Waals surface area contributed by atoms with Gasteiger partial charge in [0, 0.05) is 12.5 Å². The van der Waals surface area contributed by atoms with E-state index in [0.29, 0.717) is 18.6 Å². The Kier molecular flexibility index (Phi) is 5.22. The van der Waals surface area contributed by atoms with Crippen LogP contribution in [0.25, 0.3) is 0 Å². The quantitative estimate of drug-likeness (QED) is 0.766. The van der Waals surface area contributed by atoms with Crippen molar-refractivity contribution in [1.29, 1.82) is 0 Å². The molecule has 0 fully saturated rings. The number of carbonyl (C=O) groups is 1. The van der Waals surface area contributed by atoms with Crippen LogP contribution in [0.5, 0.6) is 5.75 Å². The third-order valence-electron chi connectivity index (χ3n) is 3.57. The number of aromatic hydroxyl groups is 1. The fourth-order valence-electron chi connectivity index (χ4n) is 2.35. The van der Waals surface area contributed by atoms with E-state index in [1.165, 1.54) is 6.26 Å². The molecule has 0 radical (unpaired) electrons. The second-order valence-corrected chi connectivity index (χ2v) is 5.31. The van der Waals surface area contributed by atoms with Gasteiger partial charge in [0.1, 0.15) is 17.6 Å². The molecule has 2 rings (SSSR count). The summed E-state index contributed by atoms with van der Waals surface area (Å²) in [6.45, 7) is 3.71. The standard InChI is InChI=1S/C17H21NO4/c1-3-12-6-4-7-13(16(12)20)17(21)18-11(2)10-14(19)15-8-5-9-22-15/h4-9,11,14,19-20H,3,10H2,1-2H3,(H,18,21). The van der Waals surface area contributed by atoms with E-state index in [0.717, 1.165) is 5.56 Å². The molecule has 2 atom stereocenters. The van der Waals surface area contributed by atoms with Gasteiger partial charge in [-0.2, -0.15) is 0 Å². The van der Waals surface area contributed by atoms with Crippen molar-refractivity contribution in [2.24, 2.45) is 0 Å². The highest BCUT2D eigenvalue weighted by atomic mass is 16.4. The third kappa shape index (κ3) is 3.68. The smallest absolute Gasteiger partial charge is 0.255 e. The molecule has 5 nitrogen and oxygen atoms in total. The molecule has 0 saturated heterocycles. The van der Waals surface area contributed by atoms with E-state index in [9.17, 15) is 15.0 Å². The molecule has 118 valence electrons. The van der Waals surface area contributed by atoms with E-state index in [1.54, 1.807) is 37.3 Å². The number of rotatable bonds is 6. The van der Waals surface area contributed by atoms with Crippen molar-refractivity contribution in [3.8, 4) is 5.75 Å². The van der Waals surface area contributed by atoms with Gasteiger partial charge in [0.05, 0.1) is 11.8 Å². The first-order valence-corrected chi connectivity index (χ1v) is 7.36. The average Bonchev–Trinajstić information content (AvgIpc) is 3.01. The van der Waals surface area contributed by atoms with Crippen molar-refractivity contribution in [3.05, 3.63) is 53.5 Å². The van der Waals surface area contributed by atoms with Gasteiger partial charge in [-0.1, -0.05) is 19.1 Å². The minimum absolute atomic E-state index is 0.0151. The molecule has 0 aliphatic carbocycles. The lowest BCUT2D eigenvalue weighted by atomic mass is 10.0. The van der Waals surface area contributed by atoms with Crippen LogP contribution >= 0.6 is 0 Å². The van der Waals surface area contributed by atoms with Crippen LogP contribution in [0.3, 0.4) is 0 Å². The van der Waals surface area contributed by atoms with Crippen LogP contribution in [0, 0.1) is 0 Å². The number of aliphatic hydroxyl groups excluding tert-OH is 1. The minimum atomic E-state index is -0.777. The summed E-state index contributed by atoms with van der Waals surface area (Å²) in [7, 11) is 0. The maximum Gasteiger partial charge on any atom is 0.255 e. The van der Waals surface area contributed by atoms with Crippen LogP contribution < -0.4 is 5.32 Å². The lowest BCUT2D eigenvalue weighted by molar-refractivity contribution is 0.0900. The zero-order chi connectivity index (χ0) is 16.1. The normalized spacial score (nSPS) is 13.6. The lowest BCUT2D eigenvalue weighted by Crippen LogP contribution is -2.33. The van der Waals surface area contributed by atoms with E-state index >= 15 is 0 Å². The van der Waals surface area contributed by atoms with E-state index < -0.39 is 6.10 Å². The molecule has 0 bridgehead atoms. The molecule has 1 aromatic heterocycles. The first kappa shape index (κ1) is 16.1. The van der Waals surface area contributed by atoms with Crippen molar-refractivity contribution < 1.29 is 19.4 Å². The molecule has 3 N–H and O–H groups in total. The van der Waals surface area contributed by atoms with Gasteiger partial charge in [0.25, 0.3) is 5.91 Å². The molecule has 5 heteroatoms. The van der Waals surface area contributed by atoms with Crippen molar-refractivity contribution in [3.63, 3.8) is 0 Å². The van der Waals surface area contributed by atoms with Gasteiger partial charge in [-0.15, -0.1) is 0 Å². The first-order chi connectivity index (χ1) is 10.5. The maximum absolute atomic E-state index is 12.2. The number of amides is 1. The second-order valence-electron chi connectivity index (χ2n) is 5.31. The molecule has 0 saturated carbocycles. The number of hydrogen-bond donors (Lipinski definition) is 3. The molecule has 1 aromatic carbocycles. The Bertz CT molecular complexity index is 622. The summed E-state index contributed by atoms with van der Waals surface area (Å²) in [5, 5.41) is 22.9. The first-order valence-electron chi connectivity index (χ1n) is 7.36. The largest absolute Gasteiger partial charge is 0.507 e. The van der Waals surface area contributed by atoms with Crippen LogP contribution in [-0.2, 0) is 6.42 Å². The number of aliphatic hydroxyl groups is 1. The number of phenols is 1. The van der Waals surface area contributed by atoms with E-state index in [-0.39, 0.29) is 23.3 Å². The Balaban J connectivity index is 1.99. The van der Waals surface area contributed by atoms with Crippen LogP contribution in [0.4, 0.5) is 0 Å². The molecular formula is C17H21NO4. The predicted molar refractivity (Wildman–Crippen MR) is 82.7 cm³/mol.